The predicted octanol–water partition coefficient (Wildman–Crippen LogP) is 0.0560. The zero-order chi connectivity index (χ0) is 11.3. The molecule has 0 aromatic heterocycles. The molecule has 1 rings (SSSR count). The summed E-state index contributed by atoms with van der Waals surface area (Å²) in [6, 6.07) is 0. The molecule has 0 saturated heterocycles. The molecular formula is C9H17N3O2S. The van der Waals surface area contributed by atoms with E-state index in [1.165, 1.54) is 0 Å². The molecule has 0 radical (unpaired) electrons. The smallest absolute Gasteiger partial charge is 0.238 e. The lowest BCUT2D eigenvalue weighted by molar-refractivity contribution is -0.124. The quantitative estimate of drug-likeness (QED) is 0.471. The van der Waals surface area contributed by atoms with Gasteiger partial charge in [-0.3, -0.25) is 15.6 Å². The molecule has 1 aliphatic carbocycles. The lowest BCUT2D eigenvalue weighted by Gasteiger charge is -2.34. The van der Waals surface area contributed by atoms with Crippen LogP contribution in [0.3, 0.4) is 0 Å². The molecule has 5 nitrogen and oxygen atoms in total. The second kappa shape index (κ2) is 5.87. The lowest BCUT2D eigenvalue weighted by Crippen LogP contribution is -2.46. The molecule has 0 heterocycles. The minimum Gasteiger partial charge on any atom is -0.378 e. The molecule has 0 atom stereocenters. The fourth-order valence-electron chi connectivity index (χ4n) is 1.66. The van der Waals surface area contributed by atoms with Crippen molar-refractivity contribution >= 4 is 23.2 Å². The predicted molar refractivity (Wildman–Crippen MR) is 60.8 cm³/mol. The van der Waals surface area contributed by atoms with Crippen molar-refractivity contribution in [3.63, 3.8) is 0 Å². The van der Waals surface area contributed by atoms with Gasteiger partial charge in [0.25, 0.3) is 0 Å². The van der Waals surface area contributed by atoms with Crippen molar-refractivity contribution in [2.45, 2.75) is 32.3 Å². The van der Waals surface area contributed by atoms with Crippen molar-refractivity contribution in [1.29, 1.82) is 0 Å². The molecule has 0 aliphatic heterocycles. The highest BCUT2D eigenvalue weighted by Crippen LogP contribution is 2.32. The maximum Gasteiger partial charge on any atom is 0.238 e. The Morgan fingerprint density at radius 3 is 2.73 bits per heavy atom. The first-order chi connectivity index (χ1) is 7.11. The van der Waals surface area contributed by atoms with Gasteiger partial charge in [-0.25, -0.2) is 0 Å². The van der Waals surface area contributed by atoms with E-state index in [2.05, 4.69) is 23.1 Å². The van der Waals surface area contributed by atoms with Crippen LogP contribution in [0.5, 0.6) is 0 Å². The van der Waals surface area contributed by atoms with Gasteiger partial charge in [0.2, 0.25) is 5.91 Å². The summed E-state index contributed by atoms with van der Waals surface area (Å²) in [6.45, 7) is 2.72. The first-order valence-electron chi connectivity index (χ1n) is 5.07. The number of carbonyl (C=O) groups excluding carboxylic acids is 1. The van der Waals surface area contributed by atoms with Gasteiger partial charge in [0.05, 0.1) is 6.10 Å². The average molecular weight is 231 g/mol. The topological polar surface area (TPSA) is 76.4 Å². The summed E-state index contributed by atoms with van der Waals surface area (Å²) in [6.07, 6.45) is 2.78. The lowest BCUT2D eigenvalue weighted by atomic mass is 9.80. The minimum absolute atomic E-state index is 0.0733. The number of hydrogen-bond acceptors (Lipinski definition) is 3. The summed E-state index contributed by atoms with van der Waals surface area (Å²) >= 11 is 4.56. The molecule has 1 amide bonds. The van der Waals surface area contributed by atoms with Crippen molar-refractivity contribution in [3.8, 4) is 0 Å². The van der Waals surface area contributed by atoms with Crippen molar-refractivity contribution < 1.29 is 9.53 Å². The zero-order valence-electron chi connectivity index (χ0n) is 8.79. The highest BCUT2D eigenvalue weighted by Gasteiger charge is 2.30. The van der Waals surface area contributed by atoms with E-state index in [1.807, 2.05) is 6.92 Å². The Morgan fingerprint density at radius 2 is 2.20 bits per heavy atom. The number of hydrazine groups is 1. The molecule has 0 spiro atoms. The molecule has 0 aromatic rings. The van der Waals surface area contributed by atoms with Crippen molar-refractivity contribution in [2.24, 2.45) is 11.7 Å². The van der Waals surface area contributed by atoms with E-state index in [9.17, 15) is 4.79 Å². The Kier molecular flexibility index (Phi) is 4.77. The average Bonchev–Trinajstić information content (AvgIpc) is 2.11. The van der Waals surface area contributed by atoms with Gasteiger partial charge in [-0.15, -0.1) is 0 Å². The highest BCUT2D eigenvalue weighted by molar-refractivity contribution is 7.80. The van der Waals surface area contributed by atoms with Crippen LogP contribution in [0.15, 0.2) is 0 Å². The van der Waals surface area contributed by atoms with Crippen LogP contribution in [-0.4, -0.2) is 23.7 Å². The van der Waals surface area contributed by atoms with Crippen LogP contribution in [0.2, 0.25) is 0 Å². The monoisotopic (exact) mass is 231 g/mol. The SMILES string of the molecule is CCOC1CC(CC(=O)NNC(N)=S)C1. The maximum atomic E-state index is 11.3. The Labute approximate surface area is 94.7 Å². The molecule has 1 saturated carbocycles. The number of nitrogens with two attached hydrogens (primary N) is 1. The summed E-state index contributed by atoms with van der Waals surface area (Å²) in [4.78, 5) is 11.3. The molecular weight excluding hydrogens is 214 g/mol. The van der Waals surface area contributed by atoms with Gasteiger partial charge in [0.15, 0.2) is 5.11 Å². The van der Waals surface area contributed by atoms with E-state index in [0.717, 1.165) is 19.4 Å². The first-order valence-corrected chi connectivity index (χ1v) is 5.48. The second-order valence-electron chi connectivity index (χ2n) is 3.66. The highest BCUT2D eigenvalue weighted by atomic mass is 32.1. The molecule has 6 heteroatoms. The number of thiocarbonyl (C=S) groups is 1. The maximum absolute atomic E-state index is 11.3. The van der Waals surface area contributed by atoms with E-state index in [4.69, 9.17) is 10.5 Å². The molecule has 0 unspecified atom stereocenters. The van der Waals surface area contributed by atoms with E-state index < -0.39 is 0 Å². The molecule has 1 fully saturated rings. The van der Waals surface area contributed by atoms with Crippen LogP contribution in [0, 0.1) is 5.92 Å². The Morgan fingerprint density at radius 1 is 1.53 bits per heavy atom. The summed E-state index contributed by atoms with van der Waals surface area (Å²) in [5, 5.41) is 0.0733. The molecule has 0 aromatic carbocycles. The third-order valence-corrected chi connectivity index (χ3v) is 2.50. The van der Waals surface area contributed by atoms with E-state index in [-0.39, 0.29) is 11.0 Å². The van der Waals surface area contributed by atoms with E-state index in [0.29, 0.717) is 18.4 Å². The van der Waals surface area contributed by atoms with Crippen molar-refractivity contribution in [3.05, 3.63) is 0 Å². The number of rotatable bonds is 4. The van der Waals surface area contributed by atoms with Gasteiger partial charge in [0, 0.05) is 13.0 Å². The van der Waals surface area contributed by atoms with Gasteiger partial charge < -0.3 is 10.5 Å². The number of amides is 1. The number of ether oxygens (including phenoxy) is 1. The molecule has 4 N–H and O–H groups in total. The van der Waals surface area contributed by atoms with Gasteiger partial charge in [-0.2, -0.15) is 0 Å². The Bertz CT molecular complexity index is 242. The second-order valence-corrected chi connectivity index (χ2v) is 4.10. The van der Waals surface area contributed by atoms with Crippen LogP contribution in [0.25, 0.3) is 0 Å². The third-order valence-electron chi connectivity index (χ3n) is 2.39. The fourth-order valence-corrected chi connectivity index (χ4v) is 1.71. The Hall–Kier alpha value is -0.880. The van der Waals surface area contributed by atoms with Crippen LogP contribution < -0.4 is 16.6 Å². The summed E-state index contributed by atoms with van der Waals surface area (Å²) in [5.41, 5.74) is 10.0. The van der Waals surface area contributed by atoms with Crippen molar-refractivity contribution in [2.75, 3.05) is 6.61 Å². The minimum atomic E-state index is -0.0808. The molecule has 1 aliphatic rings. The first kappa shape index (κ1) is 12.2. The van der Waals surface area contributed by atoms with Crippen molar-refractivity contribution in [1.82, 2.24) is 10.9 Å². The van der Waals surface area contributed by atoms with Crippen LogP contribution in [-0.2, 0) is 9.53 Å². The summed E-state index contributed by atoms with van der Waals surface area (Å²) < 4.78 is 5.40. The largest absolute Gasteiger partial charge is 0.378 e. The standard InChI is InChI=1S/C9H17N3O2S/c1-2-14-7-3-6(4-7)5-8(13)11-12-9(10)15/h6-7H,2-5H2,1H3,(H,11,13)(H3,10,12,15). The van der Waals surface area contributed by atoms with E-state index >= 15 is 0 Å². The van der Waals surface area contributed by atoms with Crippen LogP contribution >= 0.6 is 12.2 Å². The van der Waals surface area contributed by atoms with Crippen LogP contribution in [0.4, 0.5) is 0 Å². The zero-order valence-corrected chi connectivity index (χ0v) is 9.60. The normalized spacial score (nSPS) is 24.1. The number of carbonyl (C=O) groups is 1. The van der Waals surface area contributed by atoms with Gasteiger partial charge in [-0.05, 0) is 37.9 Å². The van der Waals surface area contributed by atoms with Gasteiger partial charge >= 0.3 is 0 Å². The van der Waals surface area contributed by atoms with E-state index in [1.54, 1.807) is 0 Å². The molecule has 86 valence electrons. The number of hydrogen-bond donors (Lipinski definition) is 3. The van der Waals surface area contributed by atoms with Gasteiger partial charge in [0.1, 0.15) is 0 Å². The fraction of sp³-hybridized carbons (Fsp3) is 0.778. The number of nitrogens with one attached hydrogen (secondary N) is 2. The molecule has 0 bridgehead atoms. The third kappa shape index (κ3) is 4.44. The Balaban J connectivity index is 2.06. The van der Waals surface area contributed by atoms with Gasteiger partial charge in [-0.1, -0.05) is 0 Å². The summed E-state index contributed by atoms with van der Waals surface area (Å²) in [5.74, 6) is 0.345. The molecule has 15 heavy (non-hydrogen) atoms. The van der Waals surface area contributed by atoms with Crippen LogP contribution in [0.1, 0.15) is 26.2 Å². The summed E-state index contributed by atoms with van der Waals surface area (Å²) in [7, 11) is 0.